The van der Waals surface area contributed by atoms with Gasteiger partial charge in [0.1, 0.15) is 5.82 Å². The number of amides is 1. The van der Waals surface area contributed by atoms with E-state index in [1.54, 1.807) is 19.3 Å². The third-order valence-electron chi connectivity index (χ3n) is 3.32. The predicted molar refractivity (Wildman–Crippen MR) is 70.3 cm³/mol. The number of carbonyl (C=O) groups is 1. The zero-order valence-corrected chi connectivity index (χ0v) is 10.8. The summed E-state index contributed by atoms with van der Waals surface area (Å²) in [6.45, 7) is 4.40. The first-order chi connectivity index (χ1) is 8.75. The third-order valence-corrected chi connectivity index (χ3v) is 3.32. The predicted octanol–water partition coefficient (Wildman–Crippen LogP) is 1.22. The Balaban J connectivity index is 1.83. The molecule has 1 aliphatic heterocycles. The van der Waals surface area contributed by atoms with Crippen molar-refractivity contribution in [2.45, 2.75) is 26.2 Å². The molecule has 18 heavy (non-hydrogen) atoms. The van der Waals surface area contributed by atoms with Gasteiger partial charge in [0.05, 0.1) is 6.20 Å². The Labute approximate surface area is 108 Å². The summed E-state index contributed by atoms with van der Waals surface area (Å²) < 4.78 is 0. The van der Waals surface area contributed by atoms with Crippen molar-refractivity contribution >= 4 is 11.7 Å². The molecule has 1 saturated heterocycles. The number of anilines is 1. The lowest BCUT2D eigenvalue weighted by Crippen LogP contribution is -2.37. The lowest BCUT2D eigenvalue weighted by Gasteiger charge is -2.33. The van der Waals surface area contributed by atoms with E-state index in [4.69, 9.17) is 0 Å². The minimum absolute atomic E-state index is 0.0524. The van der Waals surface area contributed by atoms with E-state index in [0.717, 1.165) is 31.9 Å². The Hall–Kier alpha value is -1.65. The van der Waals surface area contributed by atoms with Gasteiger partial charge in [0.2, 0.25) is 5.91 Å². The zero-order valence-electron chi connectivity index (χ0n) is 10.8. The number of carbonyl (C=O) groups excluding carboxylic acids is 1. The average molecular weight is 248 g/mol. The minimum Gasteiger partial charge on any atom is -0.356 e. The molecule has 1 N–H and O–H groups in total. The minimum atomic E-state index is 0.0524. The van der Waals surface area contributed by atoms with Gasteiger partial charge >= 0.3 is 0 Å². The van der Waals surface area contributed by atoms with Gasteiger partial charge in [-0.15, -0.1) is 0 Å². The summed E-state index contributed by atoms with van der Waals surface area (Å²) in [6, 6.07) is 0. The monoisotopic (exact) mass is 248 g/mol. The molecule has 2 heterocycles. The summed E-state index contributed by atoms with van der Waals surface area (Å²) >= 11 is 0. The third kappa shape index (κ3) is 3.68. The van der Waals surface area contributed by atoms with Gasteiger partial charge in [0, 0.05) is 39.0 Å². The van der Waals surface area contributed by atoms with Crippen LogP contribution in [-0.4, -0.2) is 35.5 Å². The van der Waals surface area contributed by atoms with Gasteiger partial charge in [-0.2, -0.15) is 0 Å². The quantitative estimate of drug-likeness (QED) is 0.870. The van der Waals surface area contributed by atoms with Crippen LogP contribution in [0.1, 0.15) is 26.2 Å². The molecule has 5 heteroatoms. The van der Waals surface area contributed by atoms with E-state index in [0.29, 0.717) is 5.92 Å². The number of hydrogen-bond donors (Lipinski definition) is 1. The van der Waals surface area contributed by atoms with Crippen molar-refractivity contribution in [1.29, 1.82) is 0 Å². The fraction of sp³-hybridized carbons (Fsp3) is 0.615. The molecule has 1 fully saturated rings. The number of aromatic nitrogens is 2. The van der Waals surface area contributed by atoms with Crippen LogP contribution in [-0.2, 0) is 4.79 Å². The normalized spacial score (nSPS) is 19.6. The standard InChI is InChI=1S/C13H20N4O/c1-11(18)15-5-4-12-3-2-8-17(10-12)13-9-14-6-7-16-13/h6-7,9,12H,2-5,8,10H2,1H3,(H,15,18). The van der Waals surface area contributed by atoms with Crippen LogP contribution in [0.2, 0.25) is 0 Å². The lowest BCUT2D eigenvalue weighted by molar-refractivity contribution is -0.119. The van der Waals surface area contributed by atoms with Crippen LogP contribution < -0.4 is 10.2 Å². The average Bonchev–Trinajstić information content (AvgIpc) is 2.40. The van der Waals surface area contributed by atoms with Crippen molar-refractivity contribution in [3.05, 3.63) is 18.6 Å². The highest BCUT2D eigenvalue weighted by Crippen LogP contribution is 2.22. The SMILES string of the molecule is CC(=O)NCCC1CCCN(c2cnccn2)C1. The van der Waals surface area contributed by atoms with Gasteiger partial charge in [0.25, 0.3) is 0 Å². The Bertz CT molecular complexity index is 382. The fourth-order valence-electron chi connectivity index (χ4n) is 2.42. The Morgan fingerprint density at radius 3 is 3.17 bits per heavy atom. The summed E-state index contributed by atoms with van der Waals surface area (Å²) in [5.74, 6) is 1.64. The topological polar surface area (TPSA) is 58.1 Å². The molecule has 0 radical (unpaired) electrons. The van der Waals surface area contributed by atoms with E-state index in [2.05, 4.69) is 20.2 Å². The highest BCUT2D eigenvalue weighted by atomic mass is 16.1. The van der Waals surface area contributed by atoms with Gasteiger partial charge in [-0.05, 0) is 25.2 Å². The summed E-state index contributed by atoms with van der Waals surface area (Å²) in [5.41, 5.74) is 0. The molecule has 1 atom stereocenters. The van der Waals surface area contributed by atoms with Crippen molar-refractivity contribution in [2.75, 3.05) is 24.5 Å². The molecular weight excluding hydrogens is 228 g/mol. The van der Waals surface area contributed by atoms with Gasteiger partial charge in [-0.25, -0.2) is 4.98 Å². The number of rotatable bonds is 4. The smallest absolute Gasteiger partial charge is 0.216 e. The molecule has 5 nitrogen and oxygen atoms in total. The maximum absolute atomic E-state index is 10.8. The van der Waals surface area contributed by atoms with Crippen molar-refractivity contribution < 1.29 is 4.79 Å². The number of piperidine rings is 1. The molecule has 98 valence electrons. The van der Waals surface area contributed by atoms with E-state index < -0.39 is 0 Å². The molecule has 0 aliphatic carbocycles. The van der Waals surface area contributed by atoms with Crippen LogP contribution >= 0.6 is 0 Å². The molecule has 1 aromatic heterocycles. The van der Waals surface area contributed by atoms with Crippen molar-refractivity contribution in [1.82, 2.24) is 15.3 Å². The first-order valence-corrected chi connectivity index (χ1v) is 6.51. The molecule has 1 aromatic rings. The van der Waals surface area contributed by atoms with Crippen LogP contribution in [0, 0.1) is 5.92 Å². The first-order valence-electron chi connectivity index (χ1n) is 6.51. The maximum atomic E-state index is 10.8. The van der Waals surface area contributed by atoms with Crippen LogP contribution in [0.25, 0.3) is 0 Å². The fourth-order valence-corrected chi connectivity index (χ4v) is 2.42. The Kier molecular flexibility index (Phi) is 4.50. The van der Waals surface area contributed by atoms with Crippen LogP contribution in [0.5, 0.6) is 0 Å². The van der Waals surface area contributed by atoms with Crippen molar-refractivity contribution in [3.8, 4) is 0 Å². The van der Waals surface area contributed by atoms with E-state index in [1.165, 1.54) is 12.8 Å². The molecule has 2 rings (SSSR count). The Morgan fingerprint density at radius 2 is 2.44 bits per heavy atom. The van der Waals surface area contributed by atoms with Gasteiger partial charge < -0.3 is 10.2 Å². The van der Waals surface area contributed by atoms with Crippen molar-refractivity contribution in [2.24, 2.45) is 5.92 Å². The molecule has 1 unspecified atom stereocenters. The van der Waals surface area contributed by atoms with E-state index >= 15 is 0 Å². The largest absolute Gasteiger partial charge is 0.356 e. The second kappa shape index (κ2) is 6.33. The zero-order chi connectivity index (χ0) is 12.8. The highest BCUT2D eigenvalue weighted by molar-refractivity contribution is 5.72. The van der Waals surface area contributed by atoms with Crippen LogP contribution in [0.15, 0.2) is 18.6 Å². The summed E-state index contributed by atoms with van der Waals surface area (Å²) in [5, 5.41) is 2.86. The molecule has 1 amide bonds. The van der Waals surface area contributed by atoms with Crippen LogP contribution in [0.3, 0.4) is 0 Å². The molecule has 0 spiro atoms. The number of nitrogens with one attached hydrogen (secondary N) is 1. The van der Waals surface area contributed by atoms with Gasteiger partial charge in [-0.1, -0.05) is 0 Å². The van der Waals surface area contributed by atoms with Crippen molar-refractivity contribution in [3.63, 3.8) is 0 Å². The van der Waals surface area contributed by atoms with E-state index in [9.17, 15) is 4.79 Å². The number of hydrogen-bond acceptors (Lipinski definition) is 4. The van der Waals surface area contributed by atoms with Gasteiger partial charge in [-0.3, -0.25) is 9.78 Å². The first kappa shape index (κ1) is 12.8. The second-order valence-corrected chi connectivity index (χ2v) is 4.79. The maximum Gasteiger partial charge on any atom is 0.216 e. The molecule has 0 aromatic carbocycles. The highest BCUT2D eigenvalue weighted by Gasteiger charge is 2.20. The summed E-state index contributed by atoms with van der Waals surface area (Å²) in [7, 11) is 0. The van der Waals surface area contributed by atoms with E-state index in [-0.39, 0.29) is 5.91 Å². The molecular formula is C13H20N4O. The summed E-state index contributed by atoms with van der Waals surface area (Å²) in [4.78, 5) is 21.6. The number of nitrogens with zero attached hydrogens (tertiary/aromatic N) is 3. The second-order valence-electron chi connectivity index (χ2n) is 4.79. The molecule has 0 bridgehead atoms. The van der Waals surface area contributed by atoms with Crippen LogP contribution in [0.4, 0.5) is 5.82 Å². The van der Waals surface area contributed by atoms with E-state index in [1.807, 2.05) is 6.20 Å². The molecule has 0 saturated carbocycles. The lowest BCUT2D eigenvalue weighted by atomic mass is 9.95. The van der Waals surface area contributed by atoms with Gasteiger partial charge in [0.15, 0.2) is 0 Å². The Morgan fingerprint density at radius 1 is 1.56 bits per heavy atom. The summed E-state index contributed by atoms with van der Waals surface area (Å²) in [6.07, 6.45) is 8.70. The molecule has 1 aliphatic rings.